The lowest BCUT2D eigenvalue weighted by molar-refractivity contribution is 0.0689. The molecule has 0 spiro atoms. The molecular weight excluding hydrogens is 320 g/mol. The van der Waals surface area contributed by atoms with Crippen molar-refractivity contribution >= 4 is 40.7 Å². The minimum Gasteiger partial charge on any atom is -0.476 e. The van der Waals surface area contributed by atoms with Crippen LogP contribution in [0.25, 0.3) is 0 Å². The molecule has 1 heterocycles. The van der Waals surface area contributed by atoms with Gasteiger partial charge in [0.1, 0.15) is 12.5 Å². The topological polar surface area (TPSA) is 75.1 Å². The number of carboxylic acids is 1. The maximum Gasteiger partial charge on any atom is 0.354 e. The average Bonchev–Trinajstić information content (AvgIpc) is 2.44. The van der Waals surface area contributed by atoms with Gasteiger partial charge in [-0.3, -0.25) is 0 Å². The molecule has 2 aromatic rings. The second kappa shape index (κ2) is 6.24. The van der Waals surface area contributed by atoms with Gasteiger partial charge in [0.05, 0.1) is 10.0 Å². The van der Waals surface area contributed by atoms with Gasteiger partial charge in [-0.2, -0.15) is 0 Å². The number of hydrogen-bond acceptors (Lipinski definition) is 4. The first-order chi connectivity index (χ1) is 9.92. The molecule has 8 heteroatoms. The molecule has 0 saturated carbocycles. The van der Waals surface area contributed by atoms with Gasteiger partial charge in [0.15, 0.2) is 11.5 Å². The number of hydrogen-bond donors (Lipinski definition) is 2. The molecule has 110 valence electrons. The maximum atomic E-state index is 12.8. The van der Waals surface area contributed by atoms with Gasteiger partial charge in [0.2, 0.25) is 0 Å². The number of alkyl halides is 1. The van der Waals surface area contributed by atoms with Crippen LogP contribution in [0.4, 0.5) is 15.9 Å². The first-order valence-corrected chi connectivity index (χ1v) is 6.56. The summed E-state index contributed by atoms with van der Waals surface area (Å²) in [7, 11) is 0. The van der Waals surface area contributed by atoms with Crippen molar-refractivity contribution in [2.24, 2.45) is 0 Å². The summed E-state index contributed by atoms with van der Waals surface area (Å²) in [6.07, 6.45) is 0. The first-order valence-electron chi connectivity index (χ1n) is 5.81. The number of aromatic nitrogens is 2. The summed E-state index contributed by atoms with van der Waals surface area (Å²) in [4.78, 5) is 18.7. The van der Waals surface area contributed by atoms with Crippen LogP contribution >= 0.6 is 23.2 Å². The molecule has 1 aromatic heterocycles. The van der Waals surface area contributed by atoms with Crippen molar-refractivity contribution in [1.82, 2.24) is 9.97 Å². The summed E-state index contributed by atoms with van der Waals surface area (Å²) in [6, 6.07) is 4.78. The third-order valence-corrected chi connectivity index (χ3v) is 3.44. The lowest BCUT2D eigenvalue weighted by Crippen LogP contribution is -2.11. The highest BCUT2D eigenvalue weighted by Crippen LogP contribution is 2.28. The lowest BCUT2D eigenvalue weighted by Gasteiger charge is -2.12. The van der Waals surface area contributed by atoms with E-state index in [1.54, 1.807) is 18.2 Å². The van der Waals surface area contributed by atoms with E-state index in [1.807, 2.05) is 0 Å². The highest BCUT2D eigenvalue weighted by atomic mass is 35.5. The summed E-state index contributed by atoms with van der Waals surface area (Å²) >= 11 is 11.7. The lowest BCUT2D eigenvalue weighted by atomic mass is 10.2. The van der Waals surface area contributed by atoms with E-state index in [2.05, 4.69) is 15.3 Å². The molecule has 2 N–H and O–H groups in total. The zero-order valence-electron chi connectivity index (χ0n) is 10.8. The van der Waals surface area contributed by atoms with Gasteiger partial charge < -0.3 is 10.4 Å². The molecule has 0 aliphatic carbocycles. The third kappa shape index (κ3) is 3.40. The standard InChI is InChI=1S/C13H10Cl2FN3O2/c1-6-11(13(20)21)18-10(5-16)19-12(6)17-7-2-3-8(14)9(15)4-7/h2-4H,5H2,1H3,(H,20,21)(H,17,18,19). The molecule has 0 saturated heterocycles. The van der Waals surface area contributed by atoms with Crippen LogP contribution in [0.2, 0.25) is 10.0 Å². The molecule has 0 fully saturated rings. The molecule has 0 radical (unpaired) electrons. The Kier molecular flexibility index (Phi) is 4.59. The maximum absolute atomic E-state index is 12.8. The number of anilines is 2. The SMILES string of the molecule is Cc1c(Nc2ccc(Cl)c(Cl)c2)nc(CF)nc1C(=O)O. The quantitative estimate of drug-likeness (QED) is 0.886. The Balaban J connectivity index is 2.45. The Labute approximate surface area is 129 Å². The fraction of sp³-hybridized carbons (Fsp3) is 0.154. The monoisotopic (exact) mass is 329 g/mol. The molecule has 21 heavy (non-hydrogen) atoms. The van der Waals surface area contributed by atoms with E-state index in [0.717, 1.165) is 0 Å². The molecule has 0 bridgehead atoms. The first kappa shape index (κ1) is 15.5. The van der Waals surface area contributed by atoms with Gasteiger partial charge in [0.25, 0.3) is 0 Å². The van der Waals surface area contributed by atoms with E-state index in [0.29, 0.717) is 21.3 Å². The van der Waals surface area contributed by atoms with Crippen molar-refractivity contribution in [2.45, 2.75) is 13.6 Å². The Morgan fingerprint density at radius 3 is 2.62 bits per heavy atom. The van der Waals surface area contributed by atoms with Crippen molar-refractivity contribution in [3.05, 3.63) is 45.3 Å². The predicted octanol–water partition coefficient (Wildman–Crippen LogP) is 4.00. The number of carboxylic acid groups (broad SMARTS) is 1. The Bertz CT molecular complexity index is 710. The minimum absolute atomic E-state index is 0.202. The summed E-state index contributed by atoms with van der Waals surface area (Å²) in [5.74, 6) is -1.25. The Hall–Kier alpha value is -1.92. The van der Waals surface area contributed by atoms with Crippen LogP contribution in [0.15, 0.2) is 18.2 Å². The summed E-state index contributed by atoms with van der Waals surface area (Å²) < 4.78 is 12.8. The van der Waals surface area contributed by atoms with Crippen LogP contribution in [-0.4, -0.2) is 21.0 Å². The molecule has 0 atom stereocenters. The van der Waals surface area contributed by atoms with E-state index in [1.165, 1.54) is 6.92 Å². The molecule has 0 unspecified atom stereocenters. The van der Waals surface area contributed by atoms with Crippen molar-refractivity contribution in [3.63, 3.8) is 0 Å². The molecule has 2 rings (SSSR count). The number of rotatable bonds is 4. The van der Waals surface area contributed by atoms with Crippen LogP contribution in [0.5, 0.6) is 0 Å². The van der Waals surface area contributed by atoms with Gasteiger partial charge >= 0.3 is 5.97 Å². The second-order valence-corrected chi connectivity index (χ2v) is 4.97. The van der Waals surface area contributed by atoms with Crippen LogP contribution in [0, 0.1) is 6.92 Å². The number of carbonyl (C=O) groups is 1. The third-order valence-electron chi connectivity index (χ3n) is 2.70. The van der Waals surface area contributed by atoms with E-state index >= 15 is 0 Å². The zero-order valence-corrected chi connectivity index (χ0v) is 12.3. The van der Waals surface area contributed by atoms with Crippen LogP contribution in [0.3, 0.4) is 0 Å². The number of halogens is 3. The van der Waals surface area contributed by atoms with Crippen molar-refractivity contribution in [3.8, 4) is 0 Å². The molecule has 1 aromatic carbocycles. The summed E-state index contributed by atoms with van der Waals surface area (Å²) in [5, 5.41) is 12.7. The van der Waals surface area contributed by atoms with Gasteiger partial charge in [0, 0.05) is 11.3 Å². The average molecular weight is 330 g/mol. The van der Waals surface area contributed by atoms with Crippen molar-refractivity contribution in [1.29, 1.82) is 0 Å². The molecular formula is C13H10Cl2FN3O2. The second-order valence-electron chi connectivity index (χ2n) is 4.15. The summed E-state index contributed by atoms with van der Waals surface area (Å²) in [5.41, 5.74) is 0.596. The Morgan fingerprint density at radius 2 is 2.05 bits per heavy atom. The van der Waals surface area contributed by atoms with Gasteiger partial charge in [-0.15, -0.1) is 0 Å². The van der Waals surface area contributed by atoms with Gasteiger partial charge in [-0.05, 0) is 25.1 Å². The van der Waals surface area contributed by atoms with E-state index < -0.39 is 12.6 Å². The number of nitrogens with one attached hydrogen (secondary N) is 1. The number of benzene rings is 1. The van der Waals surface area contributed by atoms with E-state index in [4.69, 9.17) is 28.3 Å². The van der Waals surface area contributed by atoms with Crippen LogP contribution in [-0.2, 0) is 6.67 Å². The predicted molar refractivity (Wildman–Crippen MR) is 78.3 cm³/mol. The van der Waals surface area contributed by atoms with Crippen LogP contribution in [0.1, 0.15) is 21.9 Å². The number of nitrogens with zero attached hydrogens (tertiary/aromatic N) is 2. The normalized spacial score (nSPS) is 10.5. The van der Waals surface area contributed by atoms with Crippen molar-refractivity contribution < 1.29 is 14.3 Å². The smallest absolute Gasteiger partial charge is 0.354 e. The molecule has 5 nitrogen and oxygen atoms in total. The number of aromatic carboxylic acids is 1. The largest absolute Gasteiger partial charge is 0.476 e. The fourth-order valence-electron chi connectivity index (χ4n) is 1.66. The van der Waals surface area contributed by atoms with E-state index in [-0.39, 0.29) is 17.3 Å². The minimum atomic E-state index is -1.25. The molecule has 0 aliphatic heterocycles. The molecule has 0 aliphatic rings. The molecule has 0 amide bonds. The highest BCUT2D eigenvalue weighted by molar-refractivity contribution is 6.42. The zero-order chi connectivity index (χ0) is 15.6. The van der Waals surface area contributed by atoms with Crippen LogP contribution < -0.4 is 5.32 Å². The highest BCUT2D eigenvalue weighted by Gasteiger charge is 2.16. The van der Waals surface area contributed by atoms with E-state index in [9.17, 15) is 9.18 Å². The van der Waals surface area contributed by atoms with Crippen molar-refractivity contribution in [2.75, 3.05) is 5.32 Å². The Morgan fingerprint density at radius 1 is 1.33 bits per heavy atom. The fourth-order valence-corrected chi connectivity index (χ4v) is 1.96. The summed E-state index contributed by atoms with van der Waals surface area (Å²) in [6.45, 7) is 0.571. The van der Waals surface area contributed by atoms with Gasteiger partial charge in [-0.1, -0.05) is 23.2 Å². The van der Waals surface area contributed by atoms with Gasteiger partial charge in [-0.25, -0.2) is 19.2 Å².